The van der Waals surface area contributed by atoms with Gasteiger partial charge < -0.3 is 19.9 Å². The zero-order valence-electron chi connectivity index (χ0n) is 14.0. The maximum Gasteiger partial charge on any atom is 1.00 e. The Morgan fingerprint density at radius 2 is 1.81 bits per heavy atom. The minimum absolute atomic E-state index is 0. The number of carbonyl (C=O) groups is 1. The third-order valence-electron chi connectivity index (χ3n) is 3.17. The van der Waals surface area contributed by atoms with E-state index in [2.05, 4.69) is 19.2 Å². The van der Waals surface area contributed by atoms with Crippen LogP contribution in [0.25, 0.3) is 0 Å². The van der Waals surface area contributed by atoms with E-state index in [4.69, 9.17) is 9.47 Å². The summed E-state index contributed by atoms with van der Waals surface area (Å²) in [7, 11) is 0. The predicted octanol–water partition coefficient (Wildman–Crippen LogP) is -1.89. The van der Waals surface area contributed by atoms with Crippen LogP contribution in [0.1, 0.15) is 46.0 Å². The second-order valence-corrected chi connectivity index (χ2v) is 5.04. The first-order valence-corrected chi connectivity index (χ1v) is 7.71. The molecule has 0 saturated heterocycles. The smallest absolute Gasteiger partial charge is 0.854 e. The molecule has 1 N–H and O–H groups in total. The van der Waals surface area contributed by atoms with Crippen LogP contribution in [0, 0.1) is 5.92 Å². The van der Waals surface area contributed by atoms with Crippen molar-refractivity contribution in [3.63, 3.8) is 0 Å². The van der Waals surface area contributed by atoms with Crippen LogP contribution in [-0.4, -0.2) is 45.5 Å². The summed E-state index contributed by atoms with van der Waals surface area (Å²) in [5, 5.41) is 12.9. The van der Waals surface area contributed by atoms with Crippen molar-refractivity contribution in [3.8, 4) is 0 Å². The van der Waals surface area contributed by atoms with Gasteiger partial charge in [-0.25, -0.2) is 0 Å². The van der Waals surface area contributed by atoms with Crippen molar-refractivity contribution in [2.45, 2.75) is 46.0 Å². The zero-order valence-corrected chi connectivity index (χ0v) is 17.1. The summed E-state index contributed by atoms with van der Waals surface area (Å²) >= 11 is 0. The Hall–Kier alpha value is 0.986. The molecule has 5 nitrogen and oxygen atoms in total. The van der Waals surface area contributed by atoms with E-state index in [-0.39, 0.29) is 63.9 Å². The Bertz CT molecular complexity index is 230. The number of hydrogen-bond donors (Lipinski definition) is 1. The molecule has 0 radical (unpaired) electrons. The van der Waals surface area contributed by atoms with Crippen LogP contribution in [-0.2, 0) is 14.3 Å². The average Bonchev–Trinajstić information content (AvgIpc) is 2.46. The molecule has 0 saturated carbocycles. The molecule has 1 unspecified atom stereocenters. The van der Waals surface area contributed by atoms with E-state index in [0.717, 1.165) is 18.9 Å². The van der Waals surface area contributed by atoms with Crippen LogP contribution >= 0.6 is 0 Å². The van der Waals surface area contributed by atoms with E-state index >= 15 is 0 Å². The molecule has 1 atom stereocenters. The Morgan fingerprint density at radius 1 is 1.14 bits per heavy atom. The van der Waals surface area contributed by atoms with Crippen LogP contribution in [0.15, 0.2) is 0 Å². The number of carbonyl (C=O) groups excluding carboxylic acids is 1. The largest absolute Gasteiger partial charge is 1.00 e. The Labute approximate surface area is 172 Å². The molecule has 0 fully saturated rings. The van der Waals surface area contributed by atoms with E-state index in [9.17, 15) is 9.90 Å². The monoisotopic (exact) mass is 327 g/mol. The van der Waals surface area contributed by atoms with Crippen LogP contribution in [0.2, 0.25) is 0 Å². The van der Waals surface area contributed by atoms with E-state index in [1.807, 2.05) is 0 Å². The van der Waals surface area contributed by atoms with Crippen molar-refractivity contribution in [2.24, 2.45) is 5.92 Å². The molecule has 0 aliphatic carbocycles. The first-order chi connectivity index (χ1) is 9.70. The van der Waals surface area contributed by atoms with Crippen LogP contribution in [0.3, 0.4) is 0 Å². The number of nitrogens with one attached hydrogen (secondary N) is 1. The van der Waals surface area contributed by atoms with Crippen molar-refractivity contribution in [1.82, 2.24) is 5.32 Å². The third kappa shape index (κ3) is 18.9. The molecule has 0 aromatic heterocycles. The van der Waals surface area contributed by atoms with Gasteiger partial charge in [0.15, 0.2) is 0 Å². The van der Waals surface area contributed by atoms with Crippen LogP contribution in [0.5, 0.6) is 0 Å². The van der Waals surface area contributed by atoms with Gasteiger partial charge in [-0.2, -0.15) is 0 Å². The van der Waals surface area contributed by atoms with Crippen molar-refractivity contribution >= 4 is 5.91 Å². The predicted molar refractivity (Wildman–Crippen MR) is 77.4 cm³/mol. The summed E-state index contributed by atoms with van der Waals surface area (Å²) in [6, 6.07) is 0. The zero-order chi connectivity index (χ0) is 15.1. The number of amides is 1. The van der Waals surface area contributed by atoms with Crippen LogP contribution in [0.4, 0.5) is 0 Å². The maximum absolute atomic E-state index is 11.2. The maximum atomic E-state index is 11.2. The fourth-order valence-corrected chi connectivity index (χ4v) is 1.64. The fourth-order valence-electron chi connectivity index (χ4n) is 1.64. The molecule has 0 aliphatic rings. The SMILES string of the molecule is CCC(C)CCCOCCOCCNC(=O)CCC[O-].[K+]. The van der Waals surface area contributed by atoms with Crippen molar-refractivity contribution in [3.05, 3.63) is 0 Å². The molecular weight excluding hydrogens is 297 g/mol. The normalized spacial score (nSPS) is 11.8. The molecule has 0 bridgehead atoms. The first-order valence-electron chi connectivity index (χ1n) is 7.71. The molecule has 0 aromatic rings. The van der Waals surface area contributed by atoms with Gasteiger partial charge in [0.2, 0.25) is 5.91 Å². The number of ether oxygens (including phenoxy) is 2. The van der Waals surface area contributed by atoms with E-state index in [1.165, 1.54) is 12.8 Å². The number of rotatable bonds is 14. The molecule has 0 rings (SSSR count). The summed E-state index contributed by atoms with van der Waals surface area (Å²) in [6.07, 6.45) is 4.25. The Kier molecular flexibility index (Phi) is 22.0. The molecule has 120 valence electrons. The summed E-state index contributed by atoms with van der Waals surface area (Å²) in [4.78, 5) is 11.2. The summed E-state index contributed by atoms with van der Waals surface area (Å²) < 4.78 is 10.8. The van der Waals surface area contributed by atoms with Crippen LogP contribution < -0.4 is 61.8 Å². The second kappa shape index (κ2) is 19.0. The van der Waals surface area contributed by atoms with E-state index in [0.29, 0.717) is 39.2 Å². The number of hydrogen-bond acceptors (Lipinski definition) is 4. The molecule has 21 heavy (non-hydrogen) atoms. The van der Waals surface area contributed by atoms with E-state index < -0.39 is 0 Å². The molecule has 1 amide bonds. The molecule has 0 aromatic carbocycles. The fraction of sp³-hybridized carbons (Fsp3) is 0.933. The second-order valence-electron chi connectivity index (χ2n) is 5.04. The third-order valence-corrected chi connectivity index (χ3v) is 3.17. The van der Waals surface area contributed by atoms with Gasteiger partial charge in [-0.1, -0.05) is 26.7 Å². The van der Waals surface area contributed by atoms with Gasteiger partial charge in [0.1, 0.15) is 0 Å². The van der Waals surface area contributed by atoms with Gasteiger partial charge in [0.25, 0.3) is 0 Å². The van der Waals surface area contributed by atoms with Gasteiger partial charge in [-0.15, -0.1) is 6.61 Å². The van der Waals surface area contributed by atoms with Gasteiger partial charge in [0.05, 0.1) is 19.8 Å². The van der Waals surface area contributed by atoms with Crippen molar-refractivity contribution in [1.29, 1.82) is 0 Å². The Morgan fingerprint density at radius 3 is 2.43 bits per heavy atom. The molecule has 0 heterocycles. The van der Waals surface area contributed by atoms with Gasteiger partial charge in [-0.05, 0) is 18.8 Å². The average molecular weight is 328 g/mol. The quantitative estimate of drug-likeness (QED) is 0.299. The van der Waals surface area contributed by atoms with E-state index in [1.54, 1.807) is 0 Å². The standard InChI is InChI=1S/C15H30NO4.K/c1-3-14(2)6-5-10-19-12-13-20-11-8-16-15(18)7-4-9-17;/h14H,3-13H2,1-2H3,(H,16,18);/q-1;+1. The molecular formula is C15H30KNO4. The van der Waals surface area contributed by atoms with Crippen molar-refractivity contribution < 1.29 is 70.8 Å². The molecule has 6 heteroatoms. The topological polar surface area (TPSA) is 70.6 Å². The van der Waals surface area contributed by atoms with Gasteiger partial charge in [0, 0.05) is 19.6 Å². The van der Waals surface area contributed by atoms with Crippen molar-refractivity contribution in [2.75, 3.05) is 39.6 Å². The summed E-state index contributed by atoms with van der Waals surface area (Å²) in [5.74, 6) is 0.700. The molecule has 0 aliphatic heterocycles. The van der Waals surface area contributed by atoms with Gasteiger partial charge in [-0.3, -0.25) is 4.79 Å². The summed E-state index contributed by atoms with van der Waals surface area (Å²) in [5.41, 5.74) is 0. The van der Waals surface area contributed by atoms with Gasteiger partial charge >= 0.3 is 51.4 Å². The summed E-state index contributed by atoms with van der Waals surface area (Å²) in [6.45, 7) is 7.20. The Balaban J connectivity index is 0. The first kappa shape index (κ1) is 24.2. The molecule has 0 spiro atoms. The minimum atomic E-state index is -0.196. The minimum Gasteiger partial charge on any atom is -0.854 e.